The molecule has 3 heteroatoms. The van der Waals surface area contributed by atoms with Crippen molar-refractivity contribution in [2.75, 3.05) is 5.43 Å². The number of nitrogens with one attached hydrogen (secondary N) is 2. The first-order valence-electron chi connectivity index (χ1n) is 4.44. The maximum atomic E-state index is 11.5. The Balaban J connectivity index is 2.52. The smallest absolute Gasteiger partial charge is 0.270 e. The van der Waals surface area contributed by atoms with Crippen LogP contribution in [0.5, 0.6) is 0 Å². The van der Waals surface area contributed by atoms with Crippen molar-refractivity contribution in [1.29, 1.82) is 0 Å². The predicted octanol–water partition coefficient (Wildman–Crippen LogP) is 1.91. The lowest BCUT2D eigenvalue weighted by Gasteiger charge is -2.18. The fraction of sp³-hybridized carbons (Fsp3) is 0. The second-order valence-corrected chi connectivity index (χ2v) is 3.29. The van der Waals surface area contributed by atoms with Gasteiger partial charge >= 0.3 is 0 Å². The third kappa shape index (κ3) is 0.836. The molecule has 3 nitrogen and oxygen atoms in total. The number of rotatable bonds is 0. The number of hydrogen-bond acceptors (Lipinski definition) is 2. The fourth-order valence-electron chi connectivity index (χ4n) is 1.83. The quantitative estimate of drug-likeness (QED) is 0.656. The van der Waals surface area contributed by atoms with Gasteiger partial charge in [0.1, 0.15) is 0 Å². The summed E-state index contributed by atoms with van der Waals surface area (Å²) in [5.74, 6) is -0.0747. The summed E-state index contributed by atoms with van der Waals surface area (Å²) >= 11 is 0. The van der Waals surface area contributed by atoms with E-state index in [1.54, 1.807) is 0 Å². The summed E-state index contributed by atoms with van der Waals surface area (Å²) in [7, 11) is 0. The van der Waals surface area contributed by atoms with E-state index >= 15 is 0 Å². The van der Waals surface area contributed by atoms with Crippen molar-refractivity contribution in [1.82, 2.24) is 5.43 Å². The normalized spacial score (nSPS) is 13.6. The zero-order valence-electron chi connectivity index (χ0n) is 7.37. The van der Waals surface area contributed by atoms with Crippen LogP contribution >= 0.6 is 0 Å². The number of anilines is 1. The summed E-state index contributed by atoms with van der Waals surface area (Å²) in [6.45, 7) is 0. The number of hydrazine groups is 1. The van der Waals surface area contributed by atoms with Gasteiger partial charge in [0.25, 0.3) is 5.91 Å². The van der Waals surface area contributed by atoms with Gasteiger partial charge in [0, 0.05) is 5.39 Å². The van der Waals surface area contributed by atoms with Crippen molar-refractivity contribution in [3.63, 3.8) is 0 Å². The average molecular weight is 184 g/mol. The molecule has 2 aromatic carbocycles. The molecule has 68 valence electrons. The second-order valence-electron chi connectivity index (χ2n) is 3.29. The van der Waals surface area contributed by atoms with Crippen molar-refractivity contribution < 1.29 is 4.79 Å². The monoisotopic (exact) mass is 184 g/mol. The zero-order valence-corrected chi connectivity index (χ0v) is 7.37. The van der Waals surface area contributed by atoms with Crippen LogP contribution in [0.25, 0.3) is 10.8 Å². The Kier molecular flexibility index (Phi) is 1.31. The van der Waals surface area contributed by atoms with Crippen molar-refractivity contribution in [2.24, 2.45) is 0 Å². The Morgan fingerprint density at radius 3 is 2.57 bits per heavy atom. The Labute approximate surface area is 80.7 Å². The van der Waals surface area contributed by atoms with Gasteiger partial charge in [0.05, 0.1) is 11.3 Å². The Bertz CT molecular complexity index is 529. The van der Waals surface area contributed by atoms with Gasteiger partial charge in [-0.25, -0.2) is 0 Å². The average Bonchev–Trinajstić information content (AvgIpc) is 2.24. The van der Waals surface area contributed by atoms with Crippen molar-refractivity contribution in [3.8, 4) is 0 Å². The molecule has 0 saturated heterocycles. The van der Waals surface area contributed by atoms with Crippen LogP contribution < -0.4 is 10.9 Å². The second kappa shape index (κ2) is 2.48. The van der Waals surface area contributed by atoms with E-state index in [-0.39, 0.29) is 5.91 Å². The molecule has 0 saturated carbocycles. The molecule has 0 radical (unpaired) electrons. The van der Waals surface area contributed by atoms with Gasteiger partial charge in [-0.1, -0.05) is 24.3 Å². The highest BCUT2D eigenvalue weighted by atomic mass is 16.2. The summed E-state index contributed by atoms with van der Waals surface area (Å²) < 4.78 is 0. The van der Waals surface area contributed by atoms with Gasteiger partial charge in [-0.2, -0.15) is 0 Å². The van der Waals surface area contributed by atoms with Crippen LogP contribution in [0.1, 0.15) is 10.4 Å². The highest BCUT2D eigenvalue weighted by Gasteiger charge is 2.16. The first-order valence-corrected chi connectivity index (χ1v) is 4.44. The van der Waals surface area contributed by atoms with Crippen LogP contribution in [-0.2, 0) is 0 Å². The zero-order chi connectivity index (χ0) is 9.54. The summed E-state index contributed by atoms with van der Waals surface area (Å²) in [6, 6.07) is 11.6. The molecule has 0 spiro atoms. The topological polar surface area (TPSA) is 41.1 Å². The molecular weight excluding hydrogens is 176 g/mol. The van der Waals surface area contributed by atoms with E-state index < -0.39 is 0 Å². The van der Waals surface area contributed by atoms with Crippen LogP contribution in [0.3, 0.4) is 0 Å². The van der Waals surface area contributed by atoms with Crippen molar-refractivity contribution in [2.45, 2.75) is 0 Å². The minimum absolute atomic E-state index is 0.0747. The summed E-state index contributed by atoms with van der Waals surface area (Å²) in [6.07, 6.45) is 0. The third-order valence-electron chi connectivity index (χ3n) is 2.46. The SMILES string of the molecule is O=C1NNc2cccc3cccc1c23. The third-order valence-corrected chi connectivity index (χ3v) is 2.46. The maximum absolute atomic E-state index is 11.5. The molecule has 2 aromatic rings. The van der Waals surface area contributed by atoms with Gasteiger partial charge in [-0.15, -0.1) is 0 Å². The number of carbonyl (C=O) groups excluding carboxylic acids is 1. The molecule has 0 atom stereocenters. The van der Waals surface area contributed by atoms with Crippen LogP contribution in [0.2, 0.25) is 0 Å². The Morgan fingerprint density at radius 1 is 0.929 bits per heavy atom. The molecule has 1 amide bonds. The minimum atomic E-state index is -0.0747. The van der Waals surface area contributed by atoms with Gasteiger partial charge in [0.2, 0.25) is 0 Å². The highest BCUT2D eigenvalue weighted by Crippen LogP contribution is 2.28. The standard InChI is InChI=1S/C11H8N2O/c14-11-8-5-1-3-7-4-2-6-9(10(7)8)12-13-11/h1-6,12H,(H,13,14). The van der Waals surface area contributed by atoms with Crippen molar-refractivity contribution in [3.05, 3.63) is 42.0 Å². The molecule has 1 heterocycles. The van der Waals surface area contributed by atoms with E-state index in [0.29, 0.717) is 0 Å². The van der Waals surface area contributed by atoms with E-state index in [2.05, 4.69) is 10.9 Å². The molecule has 0 aromatic heterocycles. The molecule has 0 fully saturated rings. The van der Waals surface area contributed by atoms with Crippen LogP contribution in [0.15, 0.2) is 36.4 Å². The number of carbonyl (C=O) groups is 1. The summed E-state index contributed by atoms with van der Waals surface area (Å²) in [4.78, 5) is 11.5. The molecule has 3 rings (SSSR count). The Morgan fingerprint density at radius 2 is 1.71 bits per heavy atom. The van der Waals surface area contributed by atoms with E-state index in [9.17, 15) is 4.79 Å². The van der Waals surface area contributed by atoms with E-state index in [4.69, 9.17) is 0 Å². The molecule has 1 aliphatic heterocycles. The van der Waals surface area contributed by atoms with Gasteiger partial charge in [0.15, 0.2) is 0 Å². The molecule has 0 bridgehead atoms. The Hall–Kier alpha value is -2.03. The van der Waals surface area contributed by atoms with Gasteiger partial charge in [-0.3, -0.25) is 15.6 Å². The minimum Gasteiger partial charge on any atom is -0.298 e. The lowest BCUT2D eigenvalue weighted by Crippen LogP contribution is -2.32. The molecule has 14 heavy (non-hydrogen) atoms. The lowest BCUT2D eigenvalue weighted by atomic mass is 10.0. The van der Waals surface area contributed by atoms with Crippen LogP contribution in [0.4, 0.5) is 5.69 Å². The van der Waals surface area contributed by atoms with Crippen molar-refractivity contribution >= 4 is 22.4 Å². The van der Waals surface area contributed by atoms with Gasteiger partial charge < -0.3 is 0 Å². The van der Waals surface area contributed by atoms with Crippen LogP contribution in [-0.4, -0.2) is 5.91 Å². The van der Waals surface area contributed by atoms with Gasteiger partial charge in [-0.05, 0) is 17.5 Å². The number of hydrogen-bond donors (Lipinski definition) is 2. The summed E-state index contributed by atoms with van der Waals surface area (Å²) in [5, 5.41) is 2.08. The predicted molar refractivity (Wildman–Crippen MR) is 55.0 cm³/mol. The first-order chi connectivity index (χ1) is 6.86. The molecule has 1 aliphatic rings. The number of amides is 1. The maximum Gasteiger partial charge on any atom is 0.270 e. The fourth-order valence-corrected chi connectivity index (χ4v) is 1.83. The molecule has 0 aliphatic carbocycles. The number of benzene rings is 2. The van der Waals surface area contributed by atoms with E-state index in [1.165, 1.54) is 0 Å². The summed E-state index contributed by atoms with van der Waals surface area (Å²) in [5.41, 5.74) is 7.18. The largest absolute Gasteiger partial charge is 0.298 e. The van der Waals surface area contributed by atoms with E-state index in [1.807, 2.05) is 36.4 Å². The molecular formula is C11H8N2O. The highest BCUT2D eigenvalue weighted by molar-refractivity contribution is 6.14. The lowest BCUT2D eigenvalue weighted by molar-refractivity contribution is 0.0962. The molecule has 2 N–H and O–H groups in total. The van der Waals surface area contributed by atoms with E-state index in [0.717, 1.165) is 22.0 Å². The first kappa shape index (κ1) is 7.38. The molecule has 0 unspecified atom stereocenters. The van der Waals surface area contributed by atoms with Crippen LogP contribution in [0, 0.1) is 0 Å².